The number of para-hydroxylation sites is 1. The molecule has 0 amide bonds. The van der Waals surface area contributed by atoms with Crippen LogP contribution in [0.2, 0.25) is 0 Å². The maximum absolute atomic E-state index is 10.8. The fourth-order valence-electron chi connectivity index (χ4n) is 17.4. The molecule has 10 N–H and O–H groups in total. The Labute approximate surface area is 739 Å². The zero-order valence-corrected chi connectivity index (χ0v) is 80.4. The summed E-state index contributed by atoms with van der Waals surface area (Å²) in [5.41, 5.74) is 1.88. The molecule has 8 aliphatic carbocycles. The molecule has 28 heteroatoms. The maximum Gasteiger partial charge on any atom is 0.392 e. The minimum Gasteiger partial charge on any atom is -0.340 e. The lowest BCUT2D eigenvalue weighted by Crippen LogP contribution is -2.86. The van der Waals surface area contributed by atoms with Crippen molar-refractivity contribution < 1.29 is 28.2 Å². The fraction of sp³-hybridized carbons (Fsp3) is 0.766. The number of rotatable bonds is 15. The van der Waals surface area contributed by atoms with Gasteiger partial charge in [-0.1, -0.05) is 186 Å². The second kappa shape index (κ2) is 57.9. The second-order valence-electron chi connectivity index (χ2n) is 36.9. The summed E-state index contributed by atoms with van der Waals surface area (Å²) in [7, 11) is 36.6. The van der Waals surface area contributed by atoms with E-state index in [0.29, 0.717) is 54.3 Å². The van der Waals surface area contributed by atoms with Gasteiger partial charge in [0.1, 0.15) is 0 Å². The molecule has 0 radical (unpaired) electrons. The van der Waals surface area contributed by atoms with Crippen LogP contribution < -0.4 is 52.8 Å². The third-order valence-electron chi connectivity index (χ3n) is 24.2. The highest BCUT2D eigenvalue weighted by atomic mass is 16.6. The van der Waals surface area contributed by atoms with Gasteiger partial charge in [-0.15, -0.1) is 0 Å². The van der Waals surface area contributed by atoms with Crippen molar-refractivity contribution in [1.29, 1.82) is 0 Å². The van der Waals surface area contributed by atoms with Gasteiger partial charge >= 0.3 is 29.8 Å². The highest BCUT2D eigenvalue weighted by Gasteiger charge is 2.30. The van der Waals surface area contributed by atoms with Gasteiger partial charge in [-0.2, -0.15) is 0 Å². The van der Waals surface area contributed by atoms with Crippen LogP contribution >= 0.6 is 0 Å². The summed E-state index contributed by atoms with van der Waals surface area (Å²) in [6.07, 6.45) is 54.2. The fourth-order valence-corrected chi connectivity index (χ4v) is 17.4. The number of hydrogen-bond donors (Lipinski definition) is 10. The van der Waals surface area contributed by atoms with E-state index < -0.39 is 4.92 Å². The monoisotopic (exact) mass is 1700 g/mol. The van der Waals surface area contributed by atoms with E-state index in [1.54, 1.807) is 12.1 Å². The molecular formula is C94H175N26O2+5. The molecule has 8 fully saturated rings. The van der Waals surface area contributed by atoms with Crippen LogP contribution in [0.15, 0.2) is 79.6 Å². The van der Waals surface area contributed by atoms with Gasteiger partial charge in [0.15, 0.2) is 0 Å². The predicted molar refractivity (Wildman–Crippen MR) is 516 cm³/mol. The van der Waals surface area contributed by atoms with Crippen LogP contribution in [-0.2, 0) is 0 Å². The van der Waals surface area contributed by atoms with Gasteiger partial charge in [0.25, 0.3) is 35.5 Å². The van der Waals surface area contributed by atoms with Gasteiger partial charge in [0.2, 0.25) is 0 Å². The van der Waals surface area contributed by atoms with Crippen LogP contribution in [0.5, 0.6) is 0 Å². The van der Waals surface area contributed by atoms with E-state index >= 15 is 0 Å². The largest absolute Gasteiger partial charge is 0.392 e. The molecule has 122 heavy (non-hydrogen) atoms. The first kappa shape index (κ1) is 102. The number of anilines is 2. The number of aliphatic imine (C=N–C) groups is 5. The number of hydrogen-bond acceptors (Lipinski definition) is 6. The van der Waals surface area contributed by atoms with E-state index in [1.807, 2.05) is 122 Å². The topological polar surface area (TPSA) is 259 Å². The van der Waals surface area contributed by atoms with E-state index in [0.717, 1.165) is 90.9 Å². The number of nitro groups is 1. The lowest BCUT2D eigenvalue weighted by atomic mass is 9.95. The zero-order chi connectivity index (χ0) is 88.6. The van der Waals surface area contributed by atoms with Crippen molar-refractivity contribution in [2.24, 2.45) is 25.0 Å². The van der Waals surface area contributed by atoms with E-state index in [1.165, 1.54) is 269 Å². The first-order chi connectivity index (χ1) is 58.7. The molecule has 0 heterocycles. The number of nitrogens with zero attached hydrogens (tertiary/aromatic N) is 16. The van der Waals surface area contributed by atoms with Crippen LogP contribution in [0.25, 0.3) is 0 Å². The highest BCUT2D eigenvalue weighted by Crippen LogP contribution is 2.27. The first-order valence-corrected chi connectivity index (χ1v) is 47.7. The molecule has 0 aliphatic heterocycles. The quantitative estimate of drug-likeness (QED) is 0.0261. The van der Waals surface area contributed by atoms with Crippen molar-refractivity contribution >= 4 is 76.7 Å². The minimum atomic E-state index is -0.400. The lowest BCUT2D eigenvalue weighted by molar-refractivity contribution is -0.511. The Balaban J connectivity index is 0.000000238. The van der Waals surface area contributed by atoms with Crippen LogP contribution in [0, 0.1) is 10.1 Å². The van der Waals surface area contributed by atoms with Gasteiger partial charge in [-0.3, -0.25) is 58.3 Å². The SMILES string of the molecule is C1CCC(N=C(NC(NC2CCCCC2)=[NH+]C2CCCCC2)NC2CCCCC2)CC1.CCCCN(C)C(=NC(N(C)C)=[N+](C)C)N(C)CC.CN(C)C(NC(=NC1CCCCC1)NC1CCCCC1)=[N+](C)C.CN(C)C(NC(=NC1CCCCC1)Nc1ccc([N+](=O)[O-])cc1)=[N+](C)C.CN(C)C(NC(=NC1CCCCC1)Nc1ccccc1)=[N+](C)C. The predicted octanol–water partition coefficient (Wildman–Crippen LogP) is 12.5. The molecule has 10 rings (SSSR count). The van der Waals surface area contributed by atoms with Gasteiger partial charge in [-0.05, 0) is 145 Å². The highest BCUT2D eigenvalue weighted by molar-refractivity contribution is 6.05. The normalized spacial score (nSPS) is 18.7. The molecular weight excluding hydrogens is 1530 g/mol. The van der Waals surface area contributed by atoms with Crippen molar-refractivity contribution in [3.63, 3.8) is 0 Å². The molecule has 688 valence electrons. The van der Waals surface area contributed by atoms with Gasteiger partial charge in [-0.25, -0.2) is 41.2 Å². The molecule has 0 unspecified atom stereocenters. The summed E-state index contributed by atoms with van der Waals surface area (Å²) in [6.45, 7) is 6.34. The average Bonchev–Trinajstić information content (AvgIpc) is 0.875. The molecule has 0 aromatic heterocycles. The number of non-ortho nitro benzene ring substituents is 1. The standard InChI is InChI=1S/C26H47N5.C18H28N6O2.C18H35N5.C18H29N5.C14H32N5/c1-5-13-21(14-6-1)27-25(28-22-15-7-2-8-16-22)31-26(29-23-17-9-3-10-18-23)30-24-19-11-4-12-20-24;1-22(2)18(23(3)4)21-17(19-14-8-6-5-7-9-14)20-15-10-12-16(13-11-15)24(25)26;2*1-22(2)18(23(3)4)21-17(19-15-11-7-5-8-12-15)20-16-13-9-6-10-14-16;1-9-11-12-19(8)14(18(7)10-2)15-13(16(3)4)17(5)6/h21-24H,1-20H2,(H3,27,28,29,30,31);10-14H,5-9H2,1-4H3,(H,19,20);15-16H,5-14H2,1-4H3,(H,19,20);5,7-8,11-12,16H,6,9-10,13-14H2,1-4H3,(H,19,20);9-12H2,1-8H3/q;;;;+1/p+4. The van der Waals surface area contributed by atoms with Gasteiger partial charge in [0.05, 0.1) is 154 Å². The first-order valence-electron chi connectivity index (χ1n) is 47.7. The molecule has 0 atom stereocenters. The van der Waals surface area contributed by atoms with Crippen molar-refractivity contribution in [3.8, 4) is 0 Å². The van der Waals surface area contributed by atoms with Crippen molar-refractivity contribution in [1.82, 2.24) is 66.6 Å². The Bertz CT molecular complexity index is 3520. The van der Waals surface area contributed by atoms with E-state index in [4.69, 9.17) is 25.0 Å². The molecule has 2 aromatic rings. The van der Waals surface area contributed by atoms with E-state index in [9.17, 15) is 10.1 Å². The van der Waals surface area contributed by atoms with Crippen molar-refractivity contribution in [2.45, 2.75) is 332 Å². The molecule has 8 aliphatic rings. The summed E-state index contributed by atoms with van der Waals surface area (Å²) in [6, 6.07) is 20.6. The Morgan fingerprint density at radius 3 is 1.04 bits per heavy atom. The average molecular weight is 1700 g/mol. The summed E-state index contributed by atoms with van der Waals surface area (Å²) >= 11 is 0. The molecule has 8 saturated carbocycles. The van der Waals surface area contributed by atoms with Crippen molar-refractivity contribution in [2.75, 3.05) is 151 Å². The number of nitrogens with one attached hydrogen (secondary N) is 10. The Hall–Kier alpha value is -8.46. The van der Waals surface area contributed by atoms with E-state index in [-0.39, 0.29) is 5.69 Å². The summed E-state index contributed by atoms with van der Waals surface area (Å²) < 4.78 is 8.19. The molecule has 0 saturated heterocycles. The van der Waals surface area contributed by atoms with Crippen LogP contribution in [0.1, 0.15) is 284 Å². The van der Waals surface area contributed by atoms with Crippen LogP contribution in [0.3, 0.4) is 0 Å². The van der Waals surface area contributed by atoms with Gasteiger partial charge in [0, 0.05) is 62.8 Å². The van der Waals surface area contributed by atoms with Crippen LogP contribution in [-0.4, -0.2) is 301 Å². The Morgan fingerprint density at radius 1 is 0.385 bits per heavy atom. The second-order valence-corrected chi connectivity index (χ2v) is 36.9. The molecule has 0 bridgehead atoms. The number of unbranched alkanes of at least 4 members (excludes halogenated alkanes) is 1. The van der Waals surface area contributed by atoms with Crippen molar-refractivity contribution in [3.05, 3.63) is 64.7 Å². The van der Waals surface area contributed by atoms with Gasteiger partial charge < -0.3 is 31.1 Å². The van der Waals surface area contributed by atoms with E-state index in [2.05, 4.69) is 150 Å². The minimum absolute atomic E-state index is 0.0723. The number of guanidine groups is 10. The number of nitro benzene ring substituents is 1. The third-order valence-corrected chi connectivity index (χ3v) is 24.2. The molecule has 2 aromatic carbocycles. The summed E-state index contributed by atoms with van der Waals surface area (Å²) in [4.78, 5) is 51.9. The smallest absolute Gasteiger partial charge is 0.340 e. The van der Waals surface area contributed by atoms with Crippen LogP contribution in [0.4, 0.5) is 17.1 Å². The maximum atomic E-state index is 10.8. The molecule has 0 spiro atoms. The third kappa shape index (κ3) is 40.5. The summed E-state index contributed by atoms with van der Waals surface area (Å²) in [5, 5.41) is 43.1. The molecule has 28 nitrogen and oxygen atoms in total. The zero-order valence-electron chi connectivity index (χ0n) is 80.4. The Kier molecular flexibility index (Phi) is 48.5. The lowest BCUT2D eigenvalue weighted by Gasteiger charge is -2.27. The summed E-state index contributed by atoms with van der Waals surface area (Å²) in [5.74, 6) is 9.55. The Morgan fingerprint density at radius 2 is 0.713 bits per heavy atom. The number of benzene rings is 2.